The van der Waals surface area contributed by atoms with E-state index < -0.39 is 5.91 Å². The van der Waals surface area contributed by atoms with Crippen LogP contribution in [-0.2, 0) is 17.6 Å². The van der Waals surface area contributed by atoms with E-state index in [0.29, 0.717) is 6.54 Å². The molecule has 0 radical (unpaired) electrons. The largest absolute Gasteiger partial charge is 0.395 e. The lowest BCUT2D eigenvalue weighted by Crippen LogP contribution is -2.32. The van der Waals surface area contributed by atoms with Gasteiger partial charge in [0, 0.05) is 41.8 Å². The Labute approximate surface area is 186 Å². The van der Waals surface area contributed by atoms with Gasteiger partial charge in [0.1, 0.15) is 5.82 Å². The van der Waals surface area contributed by atoms with E-state index in [-0.39, 0.29) is 18.5 Å². The van der Waals surface area contributed by atoms with Crippen molar-refractivity contribution in [3.05, 3.63) is 76.2 Å². The number of nitrogens with zero attached hydrogens (tertiary/aromatic N) is 1. The number of aryl methyl sites for hydroxylation is 2. The highest BCUT2D eigenvalue weighted by atomic mass is 19.1. The normalized spacial score (nSPS) is 15.7. The predicted octanol–water partition coefficient (Wildman–Crippen LogP) is 3.66. The second-order valence-electron chi connectivity index (χ2n) is 8.25. The Balaban J connectivity index is 1.52. The zero-order valence-corrected chi connectivity index (χ0v) is 18.1. The first-order valence-electron chi connectivity index (χ1n) is 10.9. The molecule has 7 heteroatoms. The van der Waals surface area contributed by atoms with Crippen LogP contribution in [0.1, 0.15) is 40.4 Å². The van der Waals surface area contributed by atoms with Crippen molar-refractivity contribution in [2.24, 2.45) is 0 Å². The van der Waals surface area contributed by atoms with Crippen molar-refractivity contribution in [2.45, 2.75) is 32.2 Å². The molecule has 4 rings (SSSR count). The number of carbonyl (C=O) groups excluding carboxylic acids is 1. The van der Waals surface area contributed by atoms with E-state index >= 15 is 0 Å². The molecule has 0 saturated heterocycles. The number of H-pyrrole nitrogens is 1. The number of nitrogens with one attached hydrogen (secondary N) is 2. The summed E-state index contributed by atoms with van der Waals surface area (Å²) in [6, 6.07) is 11.1. The smallest absolute Gasteiger partial charge is 0.267 e. The van der Waals surface area contributed by atoms with Gasteiger partial charge in [-0.1, -0.05) is 18.2 Å². The quantitative estimate of drug-likeness (QED) is 0.246. The maximum absolute atomic E-state index is 13.8. The molecule has 1 aliphatic rings. The third kappa shape index (κ3) is 4.60. The number of aromatic amines is 1. The lowest BCUT2D eigenvalue weighted by atomic mass is 10.0. The molecule has 1 aliphatic carbocycles. The van der Waals surface area contributed by atoms with Crippen molar-refractivity contribution in [2.75, 3.05) is 19.7 Å². The van der Waals surface area contributed by atoms with E-state index in [9.17, 15) is 14.3 Å². The van der Waals surface area contributed by atoms with Gasteiger partial charge in [-0.3, -0.25) is 14.9 Å². The SMILES string of the molecule is Cc1[nH]c2ccc(F)cc2c1CCN(CCO)C1CCc2cc(/C=C/C(=O)NO)ccc21. The molecule has 3 aromatic rings. The number of rotatable bonds is 8. The minimum atomic E-state index is -0.565. The molecule has 1 amide bonds. The van der Waals surface area contributed by atoms with Gasteiger partial charge in [0.2, 0.25) is 0 Å². The zero-order valence-electron chi connectivity index (χ0n) is 18.1. The van der Waals surface area contributed by atoms with Crippen LogP contribution >= 0.6 is 0 Å². The molecule has 168 valence electrons. The van der Waals surface area contributed by atoms with Crippen molar-refractivity contribution >= 4 is 22.9 Å². The van der Waals surface area contributed by atoms with Gasteiger partial charge in [-0.25, -0.2) is 9.87 Å². The topological polar surface area (TPSA) is 88.6 Å². The lowest BCUT2D eigenvalue weighted by Gasteiger charge is -2.29. The highest BCUT2D eigenvalue weighted by Gasteiger charge is 2.28. The number of aliphatic hydroxyl groups excluding tert-OH is 1. The summed E-state index contributed by atoms with van der Waals surface area (Å²) in [6.07, 6.45) is 5.61. The lowest BCUT2D eigenvalue weighted by molar-refractivity contribution is -0.124. The Hall–Kier alpha value is -3.00. The molecule has 1 atom stereocenters. The van der Waals surface area contributed by atoms with Gasteiger partial charge in [0.15, 0.2) is 0 Å². The zero-order chi connectivity index (χ0) is 22.7. The van der Waals surface area contributed by atoms with Crippen molar-refractivity contribution < 1.29 is 19.5 Å². The number of fused-ring (bicyclic) bond motifs is 2. The molecule has 0 bridgehead atoms. The standard InChI is InChI=1S/C25H28FN3O3/c1-16-20(22-15-19(26)5-7-23(22)27-16)10-11-29(12-13-30)24-8-4-18-14-17(2-6-21(18)24)3-9-25(31)28-32/h2-3,5-7,9,14-15,24,27,30,32H,4,8,10-13H2,1H3,(H,28,31)/b9-3+. The van der Waals surface area contributed by atoms with Gasteiger partial charge in [0.05, 0.1) is 6.61 Å². The minimum Gasteiger partial charge on any atom is -0.395 e. The molecule has 2 aromatic carbocycles. The number of benzene rings is 2. The average molecular weight is 438 g/mol. The molecular formula is C25H28FN3O3. The summed E-state index contributed by atoms with van der Waals surface area (Å²) in [5.41, 5.74) is 8.06. The van der Waals surface area contributed by atoms with Crippen molar-refractivity contribution in [1.29, 1.82) is 0 Å². The molecule has 1 unspecified atom stereocenters. The van der Waals surface area contributed by atoms with Gasteiger partial charge < -0.3 is 10.1 Å². The van der Waals surface area contributed by atoms with Crippen molar-refractivity contribution in [3.8, 4) is 0 Å². The maximum Gasteiger partial charge on any atom is 0.267 e. The van der Waals surface area contributed by atoms with Crippen LogP contribution in [0.5, 0.6) is 0 Å². The summed E-state index contributed by atoms with van der Waals surface area (Å²) in [6.45, 7) is 3.41. The van der Waals surface area contributed by atoms with E-state index in [1.54, 1.807) is 23.7 Å². The van der Waals surface area contributed by atoms with E-state index in [0.717, 1.165) is 53.5 Å². The van der Waals surface area contributed by atoms with E-state index in [2.05, 4.69) is 22.0 Å². The summed E-state index contributed by atoms with van der Waals surface area (Å²) >= 11 is 0. The fourth-order valence-corrected chi connectivity index (χ4v) is 4.79. The first-order chi connectivity index (χ1) is 15.5. The van der Waals surface area contributed by atoms with Gasteiger partial charge >= 0.3 is 0 Å². The molecule has 4 N–H and O–H groups in total. The number of halogens is 1. The Morgan fingerprint density at radius 1 is 1.28 bits per heavy atom. The van der Waals surface area contributed by atoms with Gasteiger partial charge in [-0.15, -0.1) is 0 Å². The Kier molecular flexibility index (Phi) is 6.69. The third-order valence-corrected chi connectivity index (χ3v) is 6.31. The minimum absolute atomic E-state index is 0.0738. The number of amides is 1. The van der Waals surface area contributed by atoms with Crippen LogP contribution in [0.15, 0.2) is 42.5 Å². The summed E-state index contributed by atoms with van der Waals surface area (Å²) in [4.78, 5) is 16.9. The van der Waals surface area contributed by atoms with Crippen molar-refractivity contribution in [3.63, 3.8) is 0 Å². The summed E-state index contributed by atoms with van der Waals surface area (Å²) in [7, 11) is 0. The fraction of sp³-hybridized carbons (Fsp3) is 0.320. The fourth-order valence-electron chi connectivity index (χ4n) is 4.79. The van der Waals surface area contributed by atoms with Gasteiger partial charge in [-0.05, 0) is 72.7 Å². The molecule has 0 spiro atoms. The highest BCUT2D eigenvalue weighted by Crippen LogP contribution is 2.37. The number of aromatic nitrogens is 1. The second-order valence-corrected chi connectivity index (χ2v) is 8.25. The Bertz CT molecular complexity index is 1150. The monoisotopic (exact) mass is 437 g/mol. The van der Waals surface area contributed by atoms with E-state index in [1.165, 1.54) is 23.3 Å². The van der Waals surface area contributed by atoms with Crippen LogP contribution in [-0.4, -0.2) is 45.8 Å². The summed E-state index contributed by atoms with van der Waals surface area (Å²) in [5.74, 6) is -0.805. The Morgan fingerprint density at radius 3 is 2.91 bits per heavy atom. The molecule has 0 fully saturated rings. The molecular weight excluding hydrogens is 409 g/mol. The third-order valence-electron chi connectivity index (χ3n) is 6.31. The highest BCUT2D eigenvalue weighted by molar-refractivity contribution is 5.90. The van der Waals surface area contributed by atoms with Gasteiger partial charge in [0.25, 0.3) is 5.91 Å². The molecule has 1 heterocycles. The summed E-state index contributed by atoms with van der Waals surface area (Å²) < 4.78 is 13.8. The predicted molar refractivity (Wildman–Crippen MR) is 122 cm³/mol. The molecule has 6 nitrogen and oxygen atoms in total. The van der Waals surface area contributed by atoms with E-state index in [1.807, 2.05) is 13.0 Å². The van der Waals surface area contributed by atoms with Crippen LogP contribution < -0.4 is 5.48 Å². The molecule has 32 heavy (non-hydrogen) atoms. The number of hydroxylamine groups is 1. The Morgan fingerprint density at radius 2 is 2.12 bits per heavy atom. The second kappa shape index (κ2) is 9.65. The van der Waals surface area contributed by atoms with Crippen LogP contribution in [0.25, 0.3) is 17.0 Å². The number of aliphatic hydroxyl groups is 1. The molecule has 0 aliphatic heterocycles. The van der Waals surface area contributed by atoms with Crippen LogP contribution in [0, 0.1) is 12.7 Å². The van der Waals surface area contributed by atoms with Gasteiger partial charge in [-0.2, -0.15) is 0 Å². The molecule has 1 aromatic heterocycles. The van der Waals surface area contributed by atoms with Crippen molar-refractivity contribution in [1.82, 2.24) is 15.4 Å². The first-order valence-corrected chi connectivity index (χ1v) is 10.9. The first kappa shape index (κ1) is 22.2. The maximum atomic E-state index is 13.8. The van der Waals surface area contributed by atoms with Crippen LogP contribution in [0.3, 0.4) is 0 Å². The molecule has 0 saturated carbocycles. The van der Waals surface area contributed by atoms with Crippen LogP contribution in [0.4, 0.5) is 4.39 Å². The number of hydrogen-bond acceptors (Lipinski definition) is 4. The number of carbonyl (C=O) groups is 1. The number of hydrogen-bond donors (Lipinski definition) is 4. The average Bonchev–Trinajstić information content (AvgIpc) is 3.34. The summed E-state index contributed by atoms with van der Waals surface area (Å²) in [5, 5.41) is 19.2. The van der Waals surface area contributed by atoms with Crippen LogP contribution in [0.2, 0.25) is 0 Å². The van der Waals surface area contributed by atoms with E-state index in [4.69, 9.17) is 5.21 Å².